The quantitative estimate of drug-likeness (QED) is 0.499. The second-order valence-electron chi connectivity index (χ2n) is 3.41. The SMILES string of the molecule is CCC(CC)(CS)CSCCOC. The summed E-state index contributed by atoms with van der Waals surface area (Å²) in [6, 6.07) is 0. The molecule has 0 rings (SSSR count). The van der Waals surface area contributed by atoms with Crippen LogP contribution in [0, 0.1) is 5.41 Å². The number of thioether (sulfide) groups is 1. The van der Waals surface area contributed by atoms with Gasteiger partial charge in [0.2, 0.25) is 0 Å². The fourth-order valence-electron chi connectivity index (χ4n) is 1.15. The van der Waals surface area contributed by atoms with Gasteiger partial charge in [-0.1, -0.05) is 13.8 Å². The Morgan fingerprint density at radius 2 is 1.92 bits per heavy atom. The maximum atomic E-state index is 5.02. The van der Waals surface area contributed by atoms with E-state index in [1.54, 1.807) is 7.11 Å². The average Bonchev–Trinajstić information content (AvgIpc) is 2.20. The summed E-state index contributed by atoms with van der Waals surface area (Å²) >= 11 is 6.43. The smallest absolute Gasteiger partial charge is 0.0552 e. The third-order valence-electron chi connectivity index (χ3n) is 2.68. The van der Waals surface area contributed by atoms with E-state index < -0.39 is 0 Å². The lowest BCUT2D eigenvalue weighted by molar-refractivity contribution is 0.218. The summed E-state index contributed by atoms with van der Waals surface area (Å²) in [7, 11) is 1.76. The van der Waals surface area contributed by atoms with Gasteiger partial charge in [0.1, 0.15) is 0 Å². The van der Waals surface area contributed by atoms with Gasteiger partial charge in [0, 0.05) is 12.9 Å². The second-order valence-corrected chi connectivity index (χ2v) is 4.83. The molecule has 0 aromatic rings. The number of hydrogen-bond donors (Lipinski definition) is 1. The molecule has 1 nitrogen and oxygen atoms in total. The third-order valence-corrected chi connectivity index (χ3v) is 4.62. The second kappa shape index (κ2) is 8.01. The molecule has 0 aromatic heterocycles. The van der Waals surface area contributed by atoms with Gasteiger partial charge < -0.3 is 4.74 Å². The molecule has 0 spiro atoms. The van der Waals surface area contributed by atoms with Gasteiger partial charge in [-0.3, -0.25) is 0 Å². The molecule has 0 amide bonds. The van der Waals surface area contributed by atoms with Crippen LogP contribution in [0.3, 0.4) is 0 Å². The lowest BCUT2D eigenvalue weighted by Crippen LogP contribution is -2.24. The molecule has 0 atom stereocenters. The molecule has 0 aromatic carbocycles. The largest absolute Gasteiger partial charge is 0.384 e. The van der Waals surface area contributed by atoms with E-state index in [1.165, 1.54) is 18.6 Å². The molecule has 0 bridgehead atoms. The minimum absolute atomic E-state index is 0.446. The first-order chi connectivity index (χ1) is 6.24. The molecule has 0 radical (unpaired) electrons. The van der Waals surface area contributed by atoms with E-state index in [-0.39, 0.29) is 0 Å². The Balaban J connectivity index is 3.68. The minimum Gasteiger partial charge on any atom is -0.384 e. The molecule has 0 unspecified atom stereocenters. The van der Waals surface area contributed by atoms with Crippen LogP contribution >= 0.6 is 24.4 Å². The number of thiol groups is 1. The number of hydrogen-bond acceptors (Lipinski definition) is 3. The van der Waals surface area contributed by atoms with E-state index in [9.17, 15) is 0 Å². The standard InChI is InChI=1S/C10H22OS2/c1-4-10(5-2,8-12)9-13-7-6-11-3/h12H,4-9H2,1-3H3. The molecular weight excluding hydrogens is 200 g/mol. The van der Waals surface area contributed by atoms with Gasteiger partial charge >= 0.3 is 0 Å². The molecule has 0 aliphatic heterocycles. The van der Waals surface area contributed by atoms with E-state index in [0.29, 0.717) is 5.41 Å². The highest BCUT2D eigenvalue weighted by molar-refractivity contribution is 7.99. The predicted molar refractivity (Wildman–Crippen MR) is 66.1 cm³/mol. The highest BCUT2D eigenvalue weighted by atomic mass is 32.2. The Hall–Kier alpha value is 0.660. The molecule has 0 heterocycles. The van der Waals surface area contributed by atoms with E-state index in [1.807, 2.05) is 11.8 Å². The van der Waals surface area contributed by atoms with Gasteiger partial charge in [0.25, 0.3) is 0 Å². The maximum Gasteiger partial charge on any atom is 0.0552 e. The van der Waals surface area contributed by atoms with Gasteiger partial charge in [-0.2, -0.15) is 24.4 Å². The zero-order valence-corrected chi connectivity index (χ0v) is 10.7. The van der Waals surface area contributed by atoms with Crippen molar-refractivity contribution < 1.29 is 4.74 Å². The Morgan fingerprint density at radius 1 is 1.31 bits per heavy atom. The zero-order chi connectivity index (χ0) is 10.2. The van der Waals surface area contributed by atoms with Crippen LogP contribution < -0.4 is 0 Å². The molecule has 0 N–H and O–H groups in total. The Labute approximate surface area is 92.4 Å². The Kier molecular flexibility index (Phi) is 8.42. The number of methoxy groups -OCH3 is 1. The summed E-state index contributed by atoms with van der Waals surface area (Å²) in [6.07, 6.45) is 2.46. The van der Waals surface area contributed by atoms with Crippen LogP contribution in [0.15, 0.2) is 0 Å². The van der Waals surface area contributed by atoms with Crippen LogP contribution in [0.2, 0.25) is 0 Å². The van der Waals surface area contributed by atoms with Gasteiger partial charge in [-0.15, -0.1) is 0 Å². The van der Waals surface area contributed by atoms with Crippen molar-refractivity contribution in [3.8, 4) is 0 Å². The van der Waals surface area contributed by atoms with Crippen LogP contribution in [0.4, 0.5) is 0 Å². The third kappa shape index (κ3) is 5.18. The van der Waals surface area contributed by atoms with Crippen LogP contribution in [-0.4, -0.2) is 31.0 Å². The summed E-state index contributed by atoms with van der Waals surface area (Å²) in [5.41, 5.74) is 0.446. The normalized spacial score (nSPS) is 12.0. The van der Waals surface area contributed by atoms with Crippen LogP contribution in [-0.2, 0) is 4.74 Å². The summed E-state index contributed by atoms with van der Waals surface area (Å²) in [6.45, 7) is 5.38. The number of rotatable bonds is 8. The summed E-state index contributed by atoms with van der Waals surface area (Å²) in [5, 5.41) is 0. The highest BCUT2D eigenvalue weighted by Crippen LogP contribution is 2.31. The fourth-order valence-corrected chi connectivity index (χ4v) is 3.24. The van der Waals surface area contributed by atoms with Crippen molar-refractivity contribution in [1.82, 2.24) is 0 Å². The van der Waals surface area contributed by atoms with Gasteiger partial charge in [0.05, 0.1) is 6.61 Å². The Bertz CT molecular complexity index is 105. The molecule has 0 fully saturated rings. The molecule has 0 saturated heterocycles. The van der Waals surface area contributed by atoms with Crippen molar-refractivity contribution in [2.75, 3.05) is 31.0 Å². The van der Waals surface area contributed by atoms with E-state index in [2.05, 4.69) is 26.5 Å². The van der Waals surface area contributed by atoms with E-state index in [0.717, 1.165) is 18.1 Å². The lowest BCUT2D eigenvalue weighted by atomic mass is 9.87. The molecule has 0 aliphatic carbocycles. The van der Waals surface area contributed by atoms with Crippen LogP contribution in [0.1, 0.15) is 26.7 Å². The number of ether oxygens (including phenoxy) is 1. The first kappa shape index (κ1) is 13.7. The van der Waals surface area contributed by atoms with E-state index in [4.69, 9.17) is 4.74 Å². The molecule has 0 aliphatic rings. The molecule has 13 heavy (non-hydrogen) atoms. The summed E-state index contributed by atoms with van der Waals surface area (Å²) in [5.74, 6) is 3.32. The van der Waals surface area contributed by atoms with Crippen molar-refractivity contribution in [2.45, 2.75) is 26.7 Å². The van der Waals surface area contributed by atoms with Crippen molar-refractivity contribution in [2.24, 2.45) is 5.41 Å². The van der Waals surface area contributed by atoms with Crippen molar-refractivity contribution >= 4 is 24.4 Å². The monoisotopic (exact) mass is 222 g/mol. The minimum atomic E-state index is 0.446. The molecule has 80 valence electrons. The van der Waals surface area contributed by atoms with Crippen LogP contribution in [0.25, 0.3) is 0 Å². The topological polar surface area (TPSA) is 9.23 Å². The van der Waals surface area contributed by atoms with Gasteiger partial charge in [-0.25, -0.2) is 0 Å². The first-order valence-corrected chi connectivity index (χ1v) is 6.71. The van der Waals surface area contributed by atoms with Gasteiger partial charge in [0.15, 0.2) is 0 Å². The zero-order valence-electron chi connectivity index (χ0n) is 9.01. The average molecular weight is 222 g/mol. The Morgan fingerprint density at radius 3 is 2.31 bits per heavy atom. The lowest BCUT2D eigenvalue weighted by Gasteiger charge is -2.29. The first-order valence-electron chi connectivity index (χ1n) is 4.92. The van der Waals surface area contributed by atoms with Crippen molar-refractivity contribution in [3.05, 3.63) is 0 Å². The molecular formula is C10H22OS2. The maximum absolute atomic E-state index is 5.02. The predicted octanol–water partition coefficient (Wildman–Crippen LogP) is 3.10. The summed E-state index contributed by atoms with van der Waals surface area (Å²) in [4.78, 5) is 0. The van der Waals surface area contributed by atoms with Gasteiger partial charge in [-0.05, 0) is 29.8 Å². The van der Waals surface area contributed by atoms with Crippen LogP contribution in [0.5, 0.6) is 0 Å². The highest BCUT2D eigenvalue weighted by Gasteiger charge is 2.23. The summed E-state index contributed by atoms with van der Waals surface area (Å²) < 4.78 is 5.02. The van der Waals surface area contributed by atoms with Crippen molar-refractivity contribution in [1.29, 1.82) is 0 Å². The molecule has 3 heteroatoms. The van der Waals surface area contributed by atoms with Crippen molar-refractivity contribution in [3.63, 3.8) is 0 Å². The molecule has 0 saturated carbocycles. The fraction of sp³-hybridized carbons (Fsp3) is 1.00. The van der Waals surface area contributed by atoms with E-state index >= 15 is 0 Å².